The van der Waals surface area contributed by atoms with Gasteiger partial charge in [-0.05, 0) is 0 Å². The van der Waals surface area contributed by atoms with Crippen LogP contribution >= 0.6 is 0 Å². The van der Waals surface area contributed by atoms with Crippen molar-refractivity contribution in [2.24, 2.45) is 0 Å². The fraction of sp³-hybridized carbons (Fsp3) is 0.138. The second-order valence-electron chi connectivity index (χ2n) is 6.42. The minimum absolute atomic E-state index is 0. The van der Waals surface area contributed by atoms with E-state index in [0.29, 0.717) is 0 Å². The summed E-state index contributed by atoms with van der Waals surface area (Å²) in [4.78, 5) is 0. The van der Waals surface area contributed by atoms with Crippen molar-refractivity contribution >= 4 is 21.5 Å². The van der Waals surface area contributed by atoms with E-state index in [2.05, 4.69) is 79.7 Å². The first-order valence-electron chi connectivity index (χ1n) is 10.1. The van der Waals surface area contributed by atoms with Gasteiger partial charge >= 0.3 is 0 Å². The first-order chi connectivity index (χ1) is 14.4. The molecule has 0 bridgehead atoms. The molecule has 1 aliphatic rings. The Morgan fingerprint density at radius 2 is 1.44 bits per heavy atom. The second kappa shape index (κ2) is 21.1. The van der Waals surface area contributed by atoms with E-state index in [0.717, 1.165) is 19.3 Å². The van der Waals surface area contributed by atoms with Gasteiger partial charge < -0.3 is 31.4 Å². The Bertz CT molecular complexity index is 930. The average Bonchev–Trinajstić information content (AvgIpc) is 3.48. The molecule has 0 atom stereocenters. The van der Waals surface area contributed by atoms with E-state index < -0.39 is 0 Å². The SMILES string of the molecule is [C-]1=CC=CC1.[CH-]=CCCC.[Cl-].[Cl-].[Hf].[c-]1ccccc1.c1ccc2c(c1)[cH-]c1ccccc12. The third kappa shape index (κ3) is 12.3. The number of fused-ring (bicyclic) bond motifs is 3. The maximum absolute atomic E-state index is 5.01. The molecule has 168 valence electrons. The number of hydrogen-bond acceptors (Lipinski definition) is 0. The molecule has 0 unspecified atom stereocenters. The minimum Gasteiger partial charge on any atom is -1.00 e. The summed E-state index contributed by atoms with van der Waals surface area (Å²) in [5.41, 5.74) is 0. The molecule has 3 heteroatoms. The smallest absolute Gasteiger partial charge is 0 e. The molecule has 32 heavy (non-hydrogen) atoms. The average molecular weight is 626 g/mol. The number of halogens is 2. The summed E-state index contributed by atoms with van der Waals surface area (Å²) in [6.45, 7) is 7.11. The summed E-state index contributed by atoms with van der Waals surface area (Å²) in [6.07, 6.45) is 13.9. The second-order valence-corrected chi connectivity index (χ2v) is 6.42. The molecule has 0 amide bonds. The van der Waals surface area contributed by atoms with Crippen LogP contribution < -0.4 is 24.8 Å². The molecular formula is C29H28Cl2Hf-6. The first-order valence-corrected chi connectivity index (χ1v) is 10.1. The van der Waals surface area contributed by atoms with E-state index in [-0.39, 0.29) is 50.7 Å². The Morgan fingerprint density at radius 1 is 0.875 bits per heavy atom. The van der Waals surface area contributed by atoms with Gasteiger partial charge in [0, 0.05) is 25.8 Å². The fourth-order valence-corrected chi connectivity index (χ4v) is 2.75. The predicted octanol–water partition coefficient (Wildman–Crippen LogP) is 2.29. The standard InChI is InChI=1S/C13H9.C6H5.C5H5.C5H9.2ClH.Hf/c1-3-7-12-10(5-1)9-11-6-2-4-8-13(11)12;1-2-4-6-5-3-1;1-2-4-5-3-1;1-3-5-4-2;;;/h1-9H;1-5H;1-3H,4H2;1,3H,4-5H2,2H3;2*1H;/q4*-1;;;/p-2. The summed E-state index contributed by atoms with van der Waals surface area (Å²) in [6, 6.07) is 31.8. The van der Waals surface area contributed by atoms with Crippen LogP contribution in [0.1, 0.15) is 26.2 Å². The summed E-state index contributed by atoms with van der Waals surface area (Å²) in [5, 5.41) is 5.39. The maximum Gasteiger partial charge on any atom is 0 e. The van der Waals surface area contributed by atoms with E-state index in [1.165, 1.54) is 21.5 Å². The van der Waals surface area contributed by atoms with Crippen LogP contribution in [0.2, 0.25) is 0 Å². The van der Waals surface area contributed by atoms with Crippen LogP contribution in [0.3, 0.4) is 0 Å². The quantitative estimate of drug-likeness (QED) is 0.237. The molecule has 0 aromatic heterocycles. The Hall–Kier alpha value is -1.80. The molecule has 0 N–H and O–H groups in total. The summed E-state index contributed by atoms with van der Waals surface area (Å²) in [5.74, 6) is 0. The van der Waals surface area contributed by atoms with Gasteiger partial charge in [0.1, 0.15) is 0 Å². The summed E-state index contributed by atoms with van der Waals surface area (Å²) >= 11 is 0. The van der Waals surface area contributed by atoms with Crippen molar-refractivity contribution in [3.8, 4) is 0 Å². The zero-order valence-electron chi connectivity index (χ0n) is 18.3. The van der Waals surface area contributed by atoms with Crippen LogP contribution in [0.4, 0.5) is 0 Å². The van der Waals surface area contributed by atoms with Gasteiger partial charge in [-0.1, -0.05) is 56.2 Å². The normalized spacial score (nSPS) is 9.91. The number of rotatable bonds is 2. The van der Waals surface area contributed by atoms with Crippen LogP contribution in [0.25, 0.3) is 21.5 Å². The number of unbranched alkanes of at least 4 members (excludes halogenated alkanes) is 1. The predicted molar refractivity (Wildman–Crippen MR) is 128 cm³/mol. The van der Waals surface area contributed by atoms with E-state index in [1.807, 2.05) is 42.5 Å². The van der Waals surface area contributed by atoms with E-state index >= 15 is 0 Å². The van der Waals surface area contributed by atoms with Crippen LogP contribution in [0.5, 0.6) is 0 Å². The molecule has 0 saturated carbocycles. The Morgan fingerprint density at radius 3 is 1.72 bits per heavy atom. The molecule has 0 fully saturated rings. The van der Waals surface area contributed by atoms with E-state index in [9.17, 15) is 0 Å². The minimum atomic E-state index is 0. The topological polar surface area (TPSA) is 0 Å². The van der Waals surface area contributed by atoms with Gasteiger partial charge in [-0.2, -0.15) is 42.5 Å². The van der Waals surface area contributed by atoms with Gasteiger partial charge in [0.25, 0.3) is 0 Å². The van der Waals surface area contributed by atoms with Crippen LogP contribution in [0, 0.1) is 18.7 Å². The van der Waals surface area contributed by atoms with E-state index in [4.69, 9.17) is 6.58 Å². The van der Waals surface area contributed by atoms with Crippen molar-refractivity contribution < 1.29 is 50.7 Å². The zero-order chi connectivity index (χ0) is 20.6. The van der Waals surface area contributed by atoms with Gasteiger partial charge in [-0.3, -0.25) is 12.2 Å². The Labute approximate surface area is 225 Å². The van der Waals surface area contributed by atoms with Gasteiger partial charge in [0.15, 0.2) is 0 Å². The van der Waals surface area contributed by atoms with Crippen molar-refractivity contribution in [1.29, 1.82) is 0 Å². The third-order valence-electron chi connectivity index (χ3n) is 4.17. The molecule has 0 saturated heterocycles. The number of hydrogen-bond donors (Lipinski definition) is 0. The Balaban J connectivity index is 0. The van der Waals surface area contributed by atoms with E-state index in [1.54, 1.807) is 6.08 Å². The largest absolute Gasteiger partial charge is 1.00 e. The van der Waals surface area contributed by atoms with Crippen molar-refractivity contribution in [2.45, 2.75) is 26.2 Å². The van der Waals surface area contributed by atoms with Gasteiger partial charge in [0.05, 0.1) is 0 Å². The van der Waals surface area contributed by atoms with Crippen LogP contribution in [0.15, 0.2) is 109 Å². The van der Waals surface area contributed by atoms with Gasteiger partial charge in [-0.25, -0.2) is 12.2 Å². The van der Waals surface area contributed by atoms with Crippen molar-refractivity contribution in [3.63, 3.8) is 0 Å². The number of benzene rings is 3. The van der Waals surface area contributed by atoms with Crippen LogP contribution in [-0.4, -0.2) is 0 Å². The molecule has 5 rings (SSSR count). The van der Waals surface area contributed by atoms with Crippen molar-refractivity contribution in [3.05, 3.63) is 128 Å². The Kier molecular flexibility index (Phi) is 21.3. The molecule has 0 radical (unpaired) electrons. The number of allylic oxidation sites excluding steroid dienone is 5. The molecule has 0 spiro atoms. The molecule has 0 nitrogen and oxygen atoms in total. The van der Waals surface area contributed by atoms with Crippen molar-refractivity contribution in [2.75, 3.05) is 0 Å². The summed E-state index contributed by atoms with van der Waals surface area (Å²) in [7, 11) is 0. The fourth-order valence-electron chi connectivity index (χ4n) is 2.75. The maximum atomic E-state index is 5.01. The first kappa shape index (κ1) is 32.4. The molecule has 0 heterocycles. The monoisotopic (exact) mass is 626 g/mol. The zero-order valence-corrected chi connectivity index (χ0v) is 23.5. The molecule has 4 aromatic carbocycles. The van der Waals surface area contributed by atoms with Gasteiger partial charge in [-0.15, -0.1) is 46.2 Å². The third-order valence-corrected chi connectivity index (χ3v) is 4.17. The molecule has 0 aliphatic heterocycles. The molecule has 4 aromatic rings. The molecular weight excluding hydrogens is 598 g/mol. The van der Waals surface area contributed by atoms with Gasteiger partial charge in [0.2, 0.25) is 0 Å². The molecule has 1 aliphatic carbocycles. The summed E-state index contributed by atoms with van der Waals surface area (Å²) < 4.78 is 0. The van der Waals surface area contributed by atoms with Crippen molar-refractivity contribution in [1.82, 2.24) is 0 Å². The van der Waals surface area contributed by atoms with Crippen LogP contribution in [-0.2, 0) is 25.8 Å².